The summed E-state index contributed by atoms with van der Waals surface area (Å²) in [6.07, 6.45) is 1.47. The van der Waals surface area contributed by atoms with Crippen molar-refractivity contribution >= 4 is 17.6 Å². The number of pyridine rings is 1. The molecule has 1 aliphatic rings. The summed E-state index contributed by atoms with van der Waals surface area (Å²) in [6.45, 7) is 9.32. The topological polar surface area (TPSA) is 71.7 Å². The first kappa shape index (κ1) is 15.4. The Morgan fingerprint density at radius 2 is 2.00 bits per heavy atom. The molecule has 6 nitrogen and oxygen atoms in total. The number of nitrogen functional groups attached to an aromatic ring is 1. The zero-order valence-corrected chi connectivity index (χ0v) is 13.0. The molecule has 0 aromatic carbocycles. The SMILES string of the molecule is CC(C)(C)COC(=O)N1CCN(c2cc(N)ccn2)CC1. The normalized spacial score (nSPS) is 16.0. The van der Waals surface area contributed by atoms with E-state index in [0.717, 1.165) is 18.9 Å². The van der Waals surface area contributed by atoms with E-state index in [-0.39, 0.29) is 11.5 Å². The molecular formula is C15H24N4O2. The zero-order valence-electron chi connectivity index (χ0n) is 13.0. The minimum atomic E-state index is -0.231. The van der Waals surface area contributed by atoms with Crippen molar-refractivity contribution in [3.8, 4) is 0 Å². The Kier molecular flexibility index (Phi) is 4.55. The van der Waals surface area contributed by atoms with E-state index in [2.05, 4.69) is 9.88 Å². The molecule has 0 spiro atoms. The number of nitrogens with zero attached hydrogens (tertiary/aromatic N) is 3. The smallest absolute Gasteiger partial charge is 0.409 e. The lowest BCUT2D eigenvalue weighted by Crippen LogP contribution is -2.49. The van der Waals surface area contributed by atoms with Gasteiger partial charge in [0.15, 0.2) is 0 Å². The minimum Gasteiger partial charge on any atom is -0.449 e. The Hall–Kier alpha value is -1.98. The summed E-state index contributed by atoms with van der Waals surface area (Å²) in [6, 6.07) is 3.62. The molecule has 0 saturated carbocycles. The molecule has 2 rings (SSSR count). The predicted molar refractivity (Wildman–Crippen MR) is 83.2 cm³/mol. The van der Waals surface area contributed by atoms with Crippen molar-refractivity contribution in [1.29, 1.82) is 0 Å². The number of piperazine rings is 1. The van der Waals surface area contributed by atoms with Gasteiger partial charge >= 0.3 is 6.09 Å². The van der Waals surface area contributed by atoms with E-state index < -0.39 is 0 Å². The molecule has 0 bridgehead atoms. The van der Waals surface area contributed by atoms with Crippen molar-refractivity contribution in [1.82, 2.24) is 9.88 Å². The fraction of sp³-hybridized carbons (Fsp3) is 0.600. The molecule has 21 heavy (non-hydrogen) atoms. The molecule has 0 unspecified atom stereocenters. The van der Waals surface area contributed by atoms with Crippen molar-refractivity contribution in [3.05, 3.63) is 18.3 Å². The number of nitrogens with two attached hydrogens (primary N) is 1. The lowest BCUT2D eigenvalue weighted by molar-refractivity contribution is 0.0707. The third kappa shape index (κ3) is 4.51. The largest absolute Gasteiger partial charge is 0.449 e. The predicted octanol–water partition coefficient (Wildman–Crippen LogP) is 1.97. The van der Waals surface area contributed by atoms with Crippen LogP contribution >= 0.6 is 0 Å². The second-order valence-corrected chi connectivity index (χ2v) is 6.54. The van der Waals surface area contributed by atoms with Crippen LogP contribution in [0.2, 0.25) is 0 Å². The molecule has 6 heteroatoms. The highest BCUT2D eigenvalue weighted by molar-refractivity contribution is 5.68. The first-order valence-corrected chi connectivity index (χ1v) is 7.23. The minimum absolute atomic E-state index is 0.0109. The molecule has 0 aliphatic carbocycles. The number of carbonyl (C=O) groups is 1. The Bertz CT molecular complexity index is 491. The van der Waals surface area contributed by atoms with Crippen LogP contribution < -0.4 is 10.6 Å². The maximum Gasteiger partial charge on any atom is 0.409 e. The Morgan fingerprint density at radius 1 is 1.33 bits per heavy atom. The molecule has 1 aromatic rings. The third-order valence-electron chi connectivity index (χ3n) is 3.26. The van der Waals surface area contributed by atoms with Crippen LogP contribution in [0.3, 0.4) is 0 Å². The van der Waals surface area contributed by atoms with Gasteiger partial charge in [0.2, 0.25) is 0 Å². The molecule has 1 aromatic heterocycles. The van der Waals surface area contributed by atoms with E-state index in [9.17, 15) is 4.79 Å². The van der Waals surface area contributed by atoms with Crippen LogP contribution in [-0.4, -0.2) is 48.8 Å². The van der Waals surface area contributed by atoms with Crippen LogP contribution in [0, 0.1) is 5.41 Å². The second-order valence-electron chi connectivity index (χ2n) is 6.54. The van der Waals surface area contributed by atoms with Gasteiger partial charge in [0.1, 0.15) is 5.82 Å². The molecule has 2 N–H and O–H groups in total. The van der Waals surface area contributed by atoms with Crippen LogP contribution in [-0.2, 0) is 4.74 Å². The van der Waals surface area contributed by atoms with Gasteiger partial charge in [0, 0.05) is 44.1 Å². The highest BCUT2D eigenvalue weighted by Gasteiger charge is 2.24. The molecule has 0 radical (unpaired) electrons. The van der Waals surface area contributed by atoms with Crippen LogP contribution in [0.25, 0.3) is 0 Å². The van der Waals surface area contributed by atoms with E-state index in [1.165, 1.54) is 0 Å². The van der Waals surface area contributed by atoms with E-state index >= 15 is 0 Å². The Labute approximate surface area is 125 Å². The van der Waals surface area contributed by atoms with Gasteiger partial charge in [-0.2, -0.15) is 0 Å². The molecule has 1 saturated heterocycles. The first-order valence-electron chi connectivity index (χ1n) is 7.23. The van der Waals surface area contributed by atoms with Gasteiger partial charge in [-0.25, -0.2) is 9.78 Å². The maximum absolute atomic E-state index is 12.0. The summed E-state index contributed by atoms with van der Waals surface area (Å²) in [5, 5.41) is 0. The van der Waals surface area contributed by atoms with Crippen LogP contribution in [0.4, 0.5) is 16.3 Å². The first-order chi connectivity index (χ1) is 9.85. The summed E-state index contributed by atoms with van der Waals surface area (Å²) in [7, 11) is 0. The van der Waals surface area contributed by atoms with E-state index in [1.807, 2.05) is 26.8 Å². The second kappa shape index (κ2) is 6.20. The van der Waals surface area contributed by atoms with Gasteiger partial charge in [-0.15, -0.1) is 0 Å². The highest BCUT2D eigenvalue weighted by Crippen LogP contribution is 2.17. The van der Waals surface area contributed by atoms with Gasteiger partial charge in [0.25, 0.3) is 0 Å². The van der Waals surface area contributed by atoms with E-state index in [0.29, 0.717) is 25.4 Å². The Balaban J connectivity index is 1.84. The monoisotopic (exact) mass is 292 g/mol. The van der Waals surface area contributed by atoms with Crippen molar-refractivity contribution in [2.45, 2.75) is 20.8 Å². The quantitative estimate of drug-likeness (QED) is 0.902. The van der Waals surface area contributed by atoms with Crippen molar-refractivity contribution in [2.75, 3.05) is 43.4 Å². The molecular weight excluding hydrogens is 268 g/mol. The van der Waals surface area contributed by atoms with E-state index in [1.54, 1.807) is 17.2 Å². The summed E-state index contributed by atoms with van der Waals surface area (Å²) in [5.74, 6) is 0.859. The Morgan fingerprint density at radius 3 is 2.57 bits per heavy atom. The average Bonchev–Trinajstić information content (AvgIpc) is 2.44. The number of hydrogen-bond donors (Lipinski definition) is 1. The van der Waals surface area contributed by atoms with Crippen LogP contribution in [0.5, 0.6) is 0 Å². The van der Waals surface area contributed by atoms with Crippen LogP contribution in [0.15, 0.2) is 18.3 Å². The van der Waals surface area contributed by atoms with Gasteiger partial charge < -0.3 is 20.3 Å². The zero-order chi connectivity index (χ0) is 15.5. The van der Waals surface area contributed by atoms with Crippen molar-refractivity contribution in [3.63, 3.8) is 0 Å². The van der Waals surface area contributed by atoms with Gasteiger partial charge in [0.05, 0.1) is 6.61 Å². The molecule has 1 aliphatic heterocycles. The van der Waals surface area contributed by atoms with E-state index in [4.69, 9.17) is 10.5 Å². The van der Waals surface area contributed by atoms with Crippen molar-refractivity contribution in [2.24, 2.45) is 5.41 Å². The summed E-state index contributed by atoms with van der Waals surface area (Å²) < 4.78 is 5.34. The number of anilines is 2. The van der Waals surface area contributed by atoms with Gasteiger partial charge in [-0.05, 0) is 11.5 Å². The summed E-state index contributed by atoms with van der Waals surface area (Å²) >= 11 is 0. The van der Waals surface area contributed by atoms with Crippen LogP contribution in [0.1, 0.15) is 20.8 Å². The fourth-order valence-corrected chi connectivity index (χ4v) is 2.09. The maximum atomic E-state index is 12.0. The molecule has 2 heterocycles. The number of carbonyl (C=O) groups excluding carboxylic acids is 1. The average molecular weight is 292 g/mol. The van der Waals surface area contributed by atoms with Gasteiger partial charge in [-0.1, -0.05) is 20.8 Å². The highest BCUT2D eigenvalue weighted by atomic mass is 16.6. The number of amides is 1. The standard InChI is InChI=1S/C15H24N4O2/c1-15(2,3)11-21-14(20)19-8-6-18(7-9-19)13-10-12(16)4-5-17-13/h4-5,10H,6-9,11H2,1-3H3,(H2,16,17). The lowest BCUT2D eigenvalue weighted by Gasteiger charge is -2.35. The summed E-state index contributed by atoms with van der Waals surface area (Å²) in [5.41, 5.74) is 6.46. The number of rotatable bonds is 2. The number of hydrogen-bond acceptors (Lipinski definition) is 5. The lowest BCUT2D eigenvalue weighted by atomic mass is 9.99. The van der Waals surface area contributed by atoms with Gasteiger partial charge in [-0.3, -0.25) is 0 Å². The molecule has 116 valence electrons. The molecule has 0 atom stereocenters. The molecule has 1 amide bonds. The molecule has 1 fully saturated rings. The fourth-order valence-electron chi connectivity index (χ4n) is 2.09. The number of ether oxygens (including phenoxy) is 1. The third-order valence-corrected chi connectivity index (χ3v) is 3.26. The summed E-state index contributed by atoms with van der Waals surface area (Å²) in [4.78, 5) is 20.2. The number of aromatic nitrogens is 1. The van der Waals surface area contributed by atoms with Crippen molar-refractivity contribution < 1.29 is 9.53 Å².